The van der Waals surface area contributed by atoms with Crippen molar-refractivity contribution in [1.82, 2.24) is 5.32 Å². The topological polar surface area (TPSA) is 137 Å². The highest BCUT2D eigenvalue weighted by molar-refractivity contribution is 8.03. The Labute approximate surface area is 291 Å². The van der Waals surface area contributed by atoms with Crippen LogP contribution in [0.2, 0.25) is 10.0 Å². The third-order valence-corrected chi connectivity index (χ3v) is 11.1. The minimum absolute atomic E-state index is 0.0353. The van der Waals surface area contributed by atoms with Gasteiger partial charge < -0.3 is 29.6 Å². The first-order valence-corrected chi connectivity index (χ1v) is 18.6. The molecule has 0 aliphatic carbocycles. The van der Waals surface area contributed by atoms with Crippen LogP contribution in [0.1, 0.15) is 30.3 Å². The van der Waals surface area contributed by atoms with E-state index in [1.165, 1.54) is 30.0 Å². The Morgan fingerprint density at radius 3 is 2.49 bits per heavy atom. The zero-order valence-electron chi connectivity index (χ0n) is 25.4. The molecule has 0 fully saturated rings. The van der Waals surface area contributed by atoms with Gasteiger partial charge in [-0.15, -0.1) is 0 Å². The summed E-state index contributed by atoms with van der Waals surface area (Å²) in [6, 6.07) is 17.4. The molecule has 0 bridgehead atoms. The molecule has 1 aliphatic rings. The van der Waals surface area contributed by atoms with Crippen molar-refractivity contribution >= 4 is 96.0 Å². The molecule has 1 aliphatic heterocycles. The molecule has 0 saturated heterocycles. The van der Waals surface area contributed by atoms with Gasteiger partial charge in [-0.2, -0.15) is 4.57 Å². The average Bonchev–Trinajstić information content (AvgIpc) is 3.52. The van der Waals surface area contributed by atoms with Crippen molar-refractivity contribution in [3.05, 3.63) is 86.3 Å². The summed E-state index contributed by atoms with van der Waals surface area (Å²) < 4.78 is 36.8. The maximum absolute atomic E-state index is 13.2. The van der Waals surface area contributed by atoms with E-state index in [0.29, 0.717) is 15.7 Å². The molecule has 47 heavy (non-hydrogen) atoms. The fourth-order valence-electron chi connectivity index (χ4n) is 5.15. The number of rotatable bonds is 13. The lowest BCUT2D eigenvalue weighted by Gasteiger charge is -2.32. The third-order valence-electron chi connectivity index (χ3n) is 7.60. The van der Waals surface area contributed by atoms with E-state index in [4.69, 9.17) is 23.2 Å². The first kappa shape index (κ1) is 35.0. The predicted octanol–water partition coefficient (Wildman–Crippen LogP) is 4.76. The van der Waals surface area contributed by atoms with Crippen LogP contribution in [-0.2, 0) is 26.4 Å². The summed E-state index contributed by atoms with van der Waals surface area (Å²) in [5, 5.41) is 17.3. The first-order valence-electron chi connectivity index (χ1n) is 14.6. The van der Waals surface area contributed by atoms with E-state index in [9.17, 15) is 27.7 Å². The zero-order chi connectivity index (χ0) is 33.9. The number of carboxylic acid groups (broad SMARTS) is 1. The molecule has 1 unspecified atom stereocenters. The van der Waals surface area contributed by atoms with E-state index in [0.717, 1.165) is 36.4 Å². The van der Waals surface area contributed by atoms with Gasteiger partial charge in [0.05, 0.1) is 38.9 Å². The van der Waals surface area contributed by atoms with E-state index < -0.39 is 27.9 Å². The monoisotopic (exact) mass is 733 g/mol. The van der Waals surface area contributed by atoms with Gasteiger partial charge in [0.25, 0.3) is 5.01 Å². The number of hydrogen-bond acceptors (Lipinski definition) is 10. The summed E-state index contributed by atoms with van der Waals surface area (Å²) in [5.74, 6) is -2.01. The van der Waals surface area contributed by atoms with Gasteiger partial charge in [-0.1, -0.05) is 64.0 Å². The number of carboxylic acids is 1. The number of halogens is 2. The van der Waals surface area contributed by atoms with Gasteiger partial charge in [0, 0.05) is 52.0 Å². The van der Waals surface area contributed by atoms with Crippen molar-refractivity contribution in [1.29, 1.82) is 0 Å². The number of nitrogens with one attached hydrogen (secondary N) is 1. The first-order chi connectivity index (χ1) is 22.3. The molecule has 0 radical (unpaired) electrons. The number of amides is 1. The van der Waals surface area contributed by atoms with Crippen LogP contribution >= 0.6 is 46.3 Å². The number of aromatic nitrogens is 1. The predicted molar refractivity (Wildman–Crippen MR) is 185 cm³/mol. The maximum atomic E-state index is 13.2. The Hall–Kier alpha value is -3.33. The molecule has 15 heteroatoms. The number of anilines is 2. The van der Waals surface area contributed by atoms with Crippen LogP contribution in [0.3, 0.4) is 0 Å². The Balaban J connectivity index is 1.39. The molecule has 10 nitrogen and oxygen atoms in total. The van der Waals surface area contributed by atoms with Crippen molar-refractivity contribution in [2.24, 2.45) is 0 Å². The van der Waals surface area contributed by atoms with Crippen molar-refractivity contribution in [3.63, 3.8) is 0 Å². The van der Waals surface area contributed by atoms with Crippen molar-refractivity contribution in [3.8, 4) is 0 Å². The molecule has 3 aromatic carbocycles. The summed E-state index contributed by atoms with van der Waals surface area (Å²) in [4.78, 5) is 29.4. The van der Waals surface area contributed by atoms with Crippen LogP contribution in [-0.4, -0.2) is 49.7 Å². The smallest absolute Gasteiger partial charge is 0.267 e. The van der Waals surface area contributed by atoms with E-state index in [1.807, 2.05) is 64.9 Å². The number of nitrogens with zero attached hydrogens (tertiary/aromatic N) is 3. The fourth-order valence-corrected chi connectivity index (χ4v) is 8.22. The quantitative estimate of drug-likeness (QED) is 0.152. The largest absolute Gasteiger partial charge is 0.748 e. The molecule has 0 spiro atoms. The van der Waals surface area contributed by atoms with Gasteiger partial charge in [0.2, 0.25) is 18.1 Å². The molecule has 0 saturated carbocycles. The van der Waals surface area contributed by atoms with Gasteiger partial charge in [-0.3, -0.25) is 4.79 Å². The molecular formula is C32H31Cl2N4O6S3-. The molecular weight excluding hydrogens is 703 g/mol. The van der Waals surface area contributed by atoms with Crippen molar-refractivity contribution in [2.75, 3.05) is 28.6 Å². The molecule has 1 atom stereocenters. The molecule has 4 aromatic rings. The summed E-state index contributed by atoms with van der Waals surface area (Å²) in [5.41, 5.74) is 3.32. The van der Waals surface area contributed by atoms with Gasteiger partial charge >= 0.3 is 0 Å². The molecule has 2 heterocycles. The van der Waals surface area contributed by atoms with Gasteiger partial charge in [-0.05, 0) is 62.7 Å². The Morgan fingerprint density at radius 2 is 1.79 bits per heavy atom. The standard InChI is InChI=1S/C32H32Cl2N4O6S3/c1-20-4-8-24(9-5-20)36(21(2)32(40)41)14-12-29(39)35-19-38-26-17-23(34)7-11-28(26)46-31(38)18-30-37(13-3-15-47(42,43)44)25-16-22(33)6-10-27(25)45-30/h4-11,16-18,21H,3,12-15,19H2,1-2H3,(H2-,35,39,40,41,42,43,44)/p-1. The lowest BCUT2D eigenvalue weighted by Crippen LogP contribution is -2.48. The SMILES string of the molecule is Cc1ccc(N(CCC(=O)NC[n+]2c(/C=C3\Sc4ccc(Cl)cc4N3CCCS(=O)(=O)[O-])sc3ccc(Cl)cc32)C(C)C(=O)[O-])cc1. The van der Waals surface area contributed by atoms with Gasteiger partial charge in [0.1, 0.15) is 4.70 Å². The van der Waals surface area contributed by atoms with Crippen LogP contribution in [0, 0.1) is 6.92 Å². The summed E-state index contributed by atoms with van der Waals surface area (Å²) in [6.45, 7) is 4.01. The zero-order valence-corrected chi connectivity index (χ0v) is 29.4. The lowest BCUT2D eigenvalue weighted by molar-refractivity contribution is -0.672. The minimum Gasteiger partial charge on any atom is -0.748 e. The molecule has 1 amide bonds. The van der Waals surface area contributed by atoms with Crippen LogP contribution in [0.5, 0.6) is 0 Å². The summed E-state index contributed by atoms with van der Waals surface area (Å²) in [7, 11) is -4.38. The maximum Gasteiger partial charge on any atom is 0.267 e. The van der Waals surface area contributed by atoms with Crippen LogP contribution in [0.4, 0.5) is 11.4 Å². The van der Waals surface area contributed by atoms with E-state index in [1.54, 1.807) is 23.1 Å². The van der Waals surface area contributed by atoms with E-state index in [-0.39, 0.29) is 38.5 Å². The number of thiazole rings is 1. The number of thioether (sulfide) groups is 1. The number of carbonyl (C=O) groups is 2. The highest BCUT2D eigenvalue weighted by atomic mass is 35.5. The third kappa shape index (κ3) is 8.78. The average molecular weight is 735 g/mol. The fraction of sp³-hybridized carbons (Fsp3) is 0.281. The Kier molecular flexibility index (Phi) is 11.0. The van der Waals surface area contributed by atoms with Crippen molar-refractivity contribution in [2.45, 2.75) is 44.3 Å². The normalized spacial score (nSPS) is 14.4. The Bertz CT molecular complexity index is 1950. The molecule has 1 aromatic heterocycles. The van der Waals surface area contributed by atoms with E-state index in [2.05, 4.69) is 5.32 Å². The van der Waals surface area contributed by atoms with Crippen molar-refractivity contribution < 1.29 is 32.2 Å². The molecule has 5 rings (SSSR count). The summed E-state index contributed by atoms with van der Waals surface area (Å²) >= 11 is 15.6. The highest BCUT2D eigenvalue weighted by Crippen LogP contribution is 2.48. The number of benzene rings is 3. The van der Waals surface area contributed by atoms with E-state index >= 15 is 0 Å². The summed E-state index contributed by atoms with van der Waals surface area (Å²) in [6.07, 6.45) is 2.12. The second-order valence-electron chi connectivity index (χ2n) is 11.0. The van der Waals surface area contributed by atoms with Gasteiger partial charge in [0.15, 0.2) is 0 Å². The number of carbonyl (C=O) groups excluding carboxylic acids is 2. The number of aliphatic carboxylic acids is 1. The Morgan fingerprint density at radius 1 is 1.09 bits per heavy atom. The second kappa shape index (κ2) is 14.8. The molecule has 1 N–H and O–H groups in total. The lowest BCUT2D eigenvalue weighted by atomic mass is 10.1. The number of hydrogen-bond donors (Lipinski definition) is 1. The second-order valence-corrected chi connectivity index (χ2v) is 15.5. The van der Waals surface area contributed by atoms with Gasteiger partial charge in [-0.25, -0.2) is 8.42 Å². The molecule has 248 valence electrons. The van der Waals surface area contributed by atoms with Crippen LogP contribution in [0.25, 0.3) is 16.3 Å². The van der Waals surface area contributed by atoms with Crippen LogP contribution < -0.4 is 24.8 Å². The minimum atomic E-state index is -4.38. The highest BCUT2D eigenvalue weighted by Gasteiger charge is 2.29. The van der Waals surface area contributed by atoms with Crippen LogP contribution in [0.15, 0.2) is 70.6 Å². The number of aryl methyl sites for hydroxylation is 1. The number of fused-ring (bicyclic) bond motifs is 2.